The number of nitrogens with two attached hydrogens (primary N) is 1. The van der Waals surface area contributed by atoms with Gasteiger partial charge in [-0.25, -0.2) is 0 Å². The monoisotopic (exact) mass is 219 g/mol. The molecule has 0 bridgehead atoms. The van der Waals surface area contributed by atoms with Crippen molar-refractivity contribution in [2.24, 2.45) is 5.73 Å². The first-order valence-corrected chi connectivity index (χ1v) is 6.28. The minimum Gasteiger partial charge on any atom is -0.328 e. The molecule has 0 aliphatic carbocycles. The van der Waals surface area contributed by atoms with Crippen LogP contribution < -0.4 is 5.73 Å². The molecular weight excluding hydrogens is 202 g/mol. The molecule has 1 aromatic heterocycles. The molecule has 0 amide bonds. The number of thiophene rings is 1. The molecule has 2 heteroatoms. The van der Waals surface area contributed by atoms with Crippen LogP contribution >= 0.6 is 11.3 Å². The summed E-state index contributed by atoms with van der Waals surface area (Å²) in [5, 5.41) is 3.52. The lowest BCUT2D eigenvalue weighted by Gasteiger charge is -2.15. The van der Waals surface area contributed by atoms with Crippen molar-refractivity contribution < 1.29 is 0 Å². The first-order chi connectivity index (χ1) is 7.18. The van der Waals surface area contributed by atoms with Crippen LogP contribution in [0.1, 0.15) is 31.7 Å². The third-order valence-corrected chi connectivity index (χ3v) is 3.74. The maximum Gasteiger partial charge on any atom is 0.0377 e. The molecule has 2 aromatic rings. The van der Waals surface area contributed by atoms with Gasteiger partial charge in [-0.1, -0.05) is 25.1 Å². The summed E-state index contributed by atoms with van der Waals surface area (Å²) in [5.41, 5.74) is 7.30. The predicted molar refractivity (Wildman–Crippen MR) is 68.5 cm³/mol. The van der Waals surface area contributed by atoms with Crippen LogP contribution in [-0.2, 0) is 0 Å². The maximum absolute atomic E-state index is 5.85. The Balaban J connectivity index is 2.38. The number of hydrogen-bond donors (Lipinski definition) is 1. The Hall–Kier alpha value is -0.860. The third kappa shape index (κ3) is 2.21. The van der Waals surface area contributed by atoms with E-state index in [1.165, 1.54) is 15.6 Å². The van der Waals surface area contributed by atoms with Crippen molar-refractivity contribution in [3.63, 3.8) is 0 Å². The van der Waals surface area contributed by atoms with Gasteiger partial charge in [0, 0.05) is 10.7 Å². The van der Waals surface area contributed by atoms with E-state index in [1.54, 1.807) is 0 Å². The Morgan fingerprint density at radius 2 is 2.07 bits per heavy atom. The van der Waals surface area contributed by atoms with Gasteiger partial charge >= 0.3 is 0 Å². The second-order valence-electron chi connectivity index (χ2n) is 4.30. The van der Waals surface area contributed by atoms with Crippen LogP contribution in [0.4, 0.5) is 0 Å². The van der Waals surface area contributed by atoms with Gasteiger partial charge in [0.1, 0.15) is 0 Å². The molecule has 0 aliphatic heterocycles. The third-order valence-electron chi connectivity index (χ3n) is 2.77. The standard InChI is InChI=1S/C13H17NS/c1-9(8-10(2)14)12-5-3-4-11-6-7-15-13(11)12/h3-7,9-10H,8,14H2,1-2H3. The van der Waals surface area contributed by atoms with Crippen molar-refractivity contribution >= 4 is 21.4 Å². The normalized spacial score (nSPS) is 15.4. The molecule has 1 aromatic carbocycles. The Bertz CT molecular complexity index is 444. The summed E-state index contributed by atoms with van der Waals surface area (Å²) in [6.07, 6.45) is 1.05. The van der Waals surface area contributed by atoms with Crippen molar-refractivity contribution in [3.05, 3.63) is 35.2 Å². The second kappa shape index (κ2) is 4.33. The quantitative estimate of drug-likeness (QED) is 0.836. The van der Waals surface area contributed by atoms with E-state index in [2.05, 4.69) is 43.5 Å². The van der Waals surface area contributed by atoms with E-state index >= 15 is 0 Å². The summed E-state index contributed by atoms with van der Waals surface area (Å²) >= 11 is 1.83. The fraction of sp³-hybridized carbons (Fsp3) is 0.385. The van der Waals surface area contributed by atoms with Crippen molar-refractivity contribution in [1.82, 2.24) is 0 Å². The van der Waals surface area contributed by atoms with Crippen LogP contribution in [-0.4, -0.2) is 6.04 Å². The molecule has 0 fully saturated rings. The number of hydrogen-bond acceptors (Lipinski definition) is 2. The average molecular weight is 219 g/mol. The van der Waals surface area contributed by atoms with Gasteiger partial charge in [-0.05, 0) is 41.7 Å². The largest absolute Gasteiger partial charge is 0.328 e. The minimum absolute atomic E-state index is 0.273. The van der Waals surface area contributed by atoms with E-state index < -0.39 is 0 Å². The van der Waals surface area contributed by atoms with Gasteiger partial charge in [0.2, 0.25) is 0 Å². The van der Waals surface area contributed by atoms with Gasteiger partial charge in [0.15, 0.2) is 0 Å². The molecule has 1 heterocycles. The highest BCUT2D eigenvalue weighted by Gasteiger charge is 2.11. The van der Waals surface area contributed by atoms with E-state index in [0.717, 1.165) is 6.42 Å². The topological polar surface area (TPSA) is 26.0 Å². The summed E-state index contributed by atoms with van der Waals surface area (Å²) < 4.78 is 1.42. The summed E-state index contributed by atoms with van der Waals surface area (Å²) in [6, 6.07) is 9.00. The highest BCUT2D eigenvalue weighted by Crippen LogP contribution is 2.31. The number of fused-ring (bicyclic) bond motifs is 1. The van der Waals surface area contributed by atoms with E-state index in [9.17, 15) is 0 Å². The molecule has 2 rings (SSSR count). The lowest BCUT2D eigenvalue weighted by molar-refractivity contribution is 0.589. The van der Waals surface area contributed by atoms with Gasteiger partial charge < -0.3 is 5.73 Å². The van der Waals surface area contributed by atoms with E-state index in [4.69, 9.17) is 5.73 Å². The molecular formula is C13H17NS. The molecule has 15 heavy (non-hydrogen) atoms. The van der Waals surface area contributed by atoms with Gasteiger partial charge in [0.05, 0.1) is 0 Å². The molecule has 2 atom stereocenters. The zero-order valence-electron chi connectivity index (χ0n) is 9.23. The zero-order valence-corrected chi connectivity index (χ0v) is 10.1. The molecule has 0 radical (unpaired) electrons. The van der Waals surface area contributed by atoms with E-state index in [1.807, 2.05) is 11.3 Å². The summed E-state index contributed by atoms with van der Waals surface area (Å²) in [5.74, 6) is 0.548. The Morgan fingerprint density at radius 3 is 2.80 bits per heavy atom. The summed E-state index contributed by atoms with van der Waals surface area (Å²) in [4.78, 5) is 0. The Morgan fingerprint density at radius 1 is 1.27 bits per heavy atom. The van der Waals surface area contributed by atoms with Crippen LogP contribution in [0.15, 0.2) is 29.6 Å². The van der Waals surface area contributed by atoms with Gasteiger partial charge in [-0.15, -0.1) is 11.3 Å². The predicted octanol–water partition coefficient (Wildman–Crippen LogP) is 3.74. The van der Waals surface area contributed by atoms with Crippen molar-refractivity contribution in [2.45, 2.75) is 32.2 Å². The molecule has 0 aliphatic rings. The molecule has 0 spiro atoms. The second-order valence-corrected chi connectivity index (χ2v) is 5.22. The minimum atomic E-state index is 0.273. The van der Waals surface area contributed by atoms with E-state index in [0.29, 0.717) is 5.92 Å². The lowest BCUT2D eigenvalue weighted by atomic mass is 9.94. The first kappa shape index (κ1) is 10.7. The van der Waals surface area contributed by atoms with Crippen molar-refractivity contribution in [1.29, 1.82) is 0 Å². The molecule has 0 saturated heterocycles. The smallest absolute Gasteiger partial charge is 0.0377 e. The van der Waals surface area contributed by atoms with Crippen LogP contribution in [0, 0.1) is 0 Å². The fourth-order valence-electron chi connectivity index (χ4n) is 2.09. The summed E-state index contributed by atoms with van der Waals surface area (Å²) in [7, 11) is 0. The van der Waals surface area contributed by atoms with E-state index in [-0.39, 0.29) is 6.04 Å². The van der Waals surface area contributed by atoms with Crippen LogP contribution in [0.5, 0.6) is 0 Å². The average Bonchev–Trinajstić information content (AvgIpc) is 2.63. The van der Waals surface area contributed by atoms with Crippen molar-refractivity contribution in [3.8, 4) is 0 Å². The molecule has 1 nitrogen and oxygen atoms in total. The maximum atomic E-state index is 5.85. The SMILES string of the molecule is CC(N)CC(C)c1cccc2ccsc12. The number of rotatable bonds is 3. The van der Waals surface area contributed by atoms with Crippen molar-refractivity contribution in [2.75, 3.05) is 0 Å². The van der Waals surface area contributed by atoms with Crippen LogP contribution in [0.25, 0.3) is 10.1 Å². The summed E-state index contributed by atoms with van der Waals surface area (Å²) in [6.45, 7) is 4.34. The zero-order chi connectivity index (χ0) is 10.8. The Kier molecular flexibility index (Phi) is 3.08. The van der Waals surface area contributed by atoms with Gasteiger partial charge in [0.25, 0.3) is 0 Å². The van der Waals surface area contributed by atoms with Gasteiger partial charge in [-0.3, -0.25) is 0 Å². The van der Waals surface area contributed by atoms with Crippen LogP contribution in [0.3, 0.4) is 0 Å². The molecule has 0 saturated carbocycles. The first-order valence-electron chi connectivity index (χ1n) is 5.40. The molecule has 2 N–H and O–H groups in total. The van der Waals surface area contributed by atoms with Crippen LogP contribution in [0.2, 0.25) is 0 Å². The number of benzene rings is 1. The highest BCUT2D eigenvalue weighted by atomic mass is 32.1. The Labute approximate surface area is 94.9 Å². The lowest BCUT2D eigenvalue weighted by Crippen LogP contribution is -2.17. The highest BCUT2D eigenvalue weighted by molar-refractivity contribution is 7.17. The molecule has 80 valence electrons. The fourth-order valence-corrected chi connectivity index (χ4v) is 3.12. The van der Waals surface area contributed by atoms with Gasteiger partial charge in [-0.2, -0.15) is 0 Å². The molecule has 2 unspecified atom stereocenters.